The smallest absolute Gasteiger partial charge is 0.410 e. The summed E-state index contributed by atoms with van der Waals surface area (Å²) in [5.41, 5.74) is -0.996. The SMILES string of the molecule is CCOP(=O)(OCC)C1CNCC12CN(C(=O)OC(C)(C)C)C2. The van der Waals surface area contributed by atoms with Gasteiger partial charge in [0.2, 0.25) is 0 Å². The minimum absolute atomic E-state index is 0.228. The second kappa shape index (κ2) is 6.71. The van der Waals surface area contributed by atoms with Crippen molar-refractivity contribution >= 4 is 13.7 Å². The minimum Gasteiger partial charge on any atom is -0.444 e. The molecule has 7 nitrogen and oxygen atoms in total. The molecule has 2 heterocycles. The van der Waals surface area contributed by atoms with E-state index in [2.05, 4.69) is 5.32 Å². The fraction of sp³-hybridized carbons (Fsp3) is 0.933. The fourth-order valence-corrected chi connectivity index (χ4v) is 5.74. The number of hydrogen-bond donors (Lipinski definition) is 1. The van der Waals surface area contributed by atoms with Gasteiger partial charge in [0.1, 0.15) is 5.60 Å². The van der Waals surface area contributed by atoms with Crippen molar-refractivity contribution in [1.29, 1.82) is 0 Å². The minimum atomic E-state index is -3.19. The molecule has 0 saturated carbocycles. The number of likely N-dealkylation sites (tertiary alicyclic amines) is 1. The molecule has 8 heteroatoms. The van der Waals surface area contributed by atoms with E-state index in [4.69, 9.17) is 13.8 Å². The van der Waals surface area contributed by atoms with E-state index < -0.39 is 13.2 Å². The molecule has 2 aliphatic rings. The van der Waals surface area contributed by atoms with Crippen molar-refractivity contribution in [1.82, 2.24) is 10.2 Å². The first-order valence-corrected chi connectivity index (χ1v) is 9.84. The fourth-order valence-electron chi connectivity index (χ4n) is 3.31. The molecule has 0 aliphatic carbocycles. The molecule has 0 aromatic rings. The number of hydrogen-bond acceptors (Lipinski definition) is 6. The third-order valence-corrected chi connectivity index (χ3v) is 6.91. The van der Waals surface area contributed by atoms with Crippen molar-refractivity contribution in [2.24, 2.45) is 5.41 Å². The Balaban J connectivity index is 2.06. The van der Waals surface area contributed by atoms with Crippen LogP contribution >= 0.6 is 7.60 Å². The maximum Gasteiger partial charge on any atom is 0.410 e. The van der Waals surface area contributed by atoms with Gasteiger partial charge in [0.25, 0.3) is 0 Å². The molecular formula is C15H29N2O5P. The molecular weight excluding hydrogens is 319 g/mol. The zero-order valence-electron chi connectivity index (χ0n) is 14.8. The lowest BCUT2D eigenvalue weighted by Gasteiger charge is -2.51. The van der Waals surface area contributed by atoms with Gasteiger partial charge in [-0.2, -0.15) is 0 Å². The number of carbonyl (C=O) groups is 1. The van der Waals surface area contributed by atoms with E-state index in [1.807, 2.05) is 34.6 Å². The molecule has 2 fully saturated rings. The van der Waals surface area contributed by atoms with E-state index in [-0.39, 0.29) is 17.2 Å². The Morgan fingerprint density at radius 3 is 2.30 bits per heavy atom. The Morgan fingerprint density at radius 1 is 1.26 bits per heavy atom. The number of rotatable bonds is 5. The highest BCUT2D eigenvalue weighted by atomic mass is 31.2. The average Bonchev–Trinajstić information content (AvgIpc) is 2.80. The quantitative estimate of drug-likeness (QED) is 0.769. The van der Waals surface area contributed by atoms with Crippen LogP contribution < -0.4 is 5.32 Å². The van der Waals surface area contributed by atoms with Crippen molar-refractivity contribution < 1.29 is 23.1 Å². The Labute approximate surface area is 138 Å². The van der Waals surface area contributed by atoms with E-state index in [9.17, 15) is 9.36 Å². The van der Waals surface area contributed by atoms with Gasteiger partial charge in [-0.15, -0.1) is 0 Å². The van der Waals surface area contributed by atoms with Gasteiger partial charge in [-0.05, 0) is 34.6 Å². The lowest BCUT2D eigenvalue weighted by Crippen LogP contribution is -2.64. The second-order valence-corrected chi connectivity index (χ2v) is 9.44. The van der Waals surface area contributed by atoms with Gasteiger partial charge >= 0.3 is 13.7 Å². The number of amides is 1. The first-order chi connectivity index (χ1) is 10.7. The van der Waals surface area contributed by atoms with E-state index >= 15 is 0 Å². The highest BCUT2D eigenvalue weighted by Gasteiger charge is 2.60. The lowest BCUT2D eigenvalue weighted by atomic mass is 9.79. The van der Waals surface area contributed by atoms with Crippen LogP contribution in [0.25, 0.3) is 0 Å². The third-order valence-electron chi connectivity index (χ3n) is 4.18. The number of carbonyl (C=O) groups excluding carboxylic acids is 1. The maximum atomic E-state index is 13.1. The second-order valence-electron chi connectivity index (χ2n) is 7.22. The average molecular weight is 348 g/mol. The van der Waals surface area contributed by atoms with Crippen molar-refractivity contribution in [2.45, 2.75) is 45.9 Å². The topological polar surface area (TPSA) is 77.1 Å². The van der Waals surface area contributed by atoms with Crippen molar-refractivity contribution in [3.05, 3.63) is 0 Å². The summed E-state index contributed by atoms with van der Waals surface area (Å²) in [4.78, 5) is 13.8. The molecule has 1 unspecified atom stereocenters. The number of nitrogens with zero attached hydrogens (tertiary/aromatic N) is 1. The molecule has 0 aromatic heterocycles. The molecule has 0 bridgehead atoms. The molecule has 1 amide bonds. The first-order valence-electron chi connectivity index (χ1n) is 8.23. The standard InChI is InChI=1S/C15H29N2O5P/c1-6-20-23(19,21-7-2)12-8-16-9-15(12)10-17(11-15)13(18)22-14(3,4)5/h12,16H,6-11H2,1-5H3. The summed E-state index contributed by atoms with van der Waals surface area (Å²) in [6.45, 7) is 12.2. The van der Waals surface area contributed by atoms with Gasteiger partial charge in [0, 0.05) is 31.6 Å². The molecule has 1 N–H and O–H groups in total. The first kappa shape index (κ1) is 18.7. The Hall–Kier alpha value is -0.620. The third kappa shape index (κ3) is 3.90. The summed E-state index contributed by atoms with van der Waals surface area (Å²) in [5, 5.41) is 3.28. The maximum absolute atomic E-state index is 13.1. The van der Waals surface area contributed by atoms with Gasteiger partial charge in [-0.25, -0.2) is 4.79 Å². The van der Waals surface area contributed by atoms with Gasteiger partial charge in [0.05, 0.1) is 18.9 Å². The van der Waals surface area contributed by atoms with Gasteiger partial charge in [0.15, 0.2) is 0 Å². The van der Waals surface area contributed by atoms with Crippen molar-refractivity contribution in [3.63, 3.8) is 0 Å². The summed E-state index contributed by atoms with van der Waals surface area (Å²) >= 11 is 0. The number of ether oxygens (including phenoxy) is 1. The highest BCUT2D eigenvalue weighted by Crippen LogP contribution is 2.61. The molecule has 2 aliphatic heterocycles. The molecule has 1 spiro atoms. The normalized spacial score (nSPS) is 23.9. The van der Waals surface area contributed by atoms with Crippen molar-refractivity contribution in [2.75, 3.05) is 39.4 Å². The summed E-state index contributed by atoms with van der Waals surface area (Å²) in [6, 6.07) is 0. The predicted octanol–water partition coefficient (Wildman–Crippen LogP) is 2.46. The molecule has 134 valence electrons. The monoisotopic (exact) mass is 348 g/mol. The summed E-state index contributed by atoms with van der Waals surface area (Å²) < 4.78 is 29.5. The van der Waals surface area contributed by atoms with Gasteiger partial charge < -0.3 is 24.0 Å². The van der Waals surface area contributed by atoms with Crippen LogP contribution in [0.4, 0.5) is 4.79 Å². The molecule has 0 aromatic carbocycles. The van der Waals surface area contributed by atoms with Gasteiger partial charge in [-0.1, -0.05) is 0 Å². The van der Waals surface area contributed by atoms with Crippen LogP contribution in [-0.4, -0.2) is 61.6 Å². The van der Waals surface area contributed by atoms with Gasteiger partial charge in [-0.3, -0.25) is 4.57 Å². The van der Waals surface area contributed by atoms with Crippen LogP contribution in [0.1, 0.15) is 34.6 Å². The van der Waals surface area contributed by atoms with Crippen molar-refractivity contribution in [3.8, 4) is 0 Å². The lowest BCUT2D eigenvalue weighted by molar-refractivity contribution is -0.0286. The van der Waals surface area contributed by atoms with E-state index in [1.165, 1.54) is 0 Å². The zero-order valence-corrected chi connectivity index (χ0v) is 15.7. The molecule has 23 heavy (non-hydrogen) atoms. The summed E-state index contributed by atoms with van der Waals surface area (Å²) in [5.74, 6) is 0. The van der Waals surface area contributed by atoms with E-state index in [0.717, 1.165) is 0 Å². The highest BCUT2D eigenvalue weighted by molar-refractivity contribution is 7.54. The largest absolute Gasteiger partial charge is 0.444 e. The van der Waals surface area contributed by atoms with E-state index in [0.29, 0.717) is 39.4 Å². The number of nitrogens with one attached hydrogen (secondary N) is 1. The Morgan fingerprint density at radius 2 is 1.83 bits per heavy atom. The Kier molecular flexibility index (Phi) is 5.46. The van der Waals surface area contributed by atoms with Crippen LogP contribution in [0.3, 0.4) is 0 Å². The van der Waals surface area contributed by atoms with Crippen LogP contribution in [0, 0.1) is 5.41 Å². The van der Waals surface area contributed by atoms with Crippen LogP contribution in [0.15, 0.2) is 0 Å². The van der Waals surface area contributed by atoms with Crippen LogP contribution in [0.5, 0.6) is 0 Å². The van der Waals surface area contributed by atoms with Crippen LogP contribution in [-0.2, 0) is 18.3 Å². The molecule has 1 atom stereocenters. The summed E-state index contributed by atoms with van der Waals surface area (Å²) in [7, 11) is -3.19. The van der Waals surface area contributed by atoms with E-state index in [1.54, 1.807) is 4.90 Å². The Bertz CT molecular complexity index is 475. The zero-order chi connectivity index (χ0) is 17.3. The molecule has 2 rings (SSSR count). The summed E-state index contributed by atoms with van der Waals surface area (Å²) in [6.07, 6.45) is -0.323. The molecule has 0 radical (unpaired) electrons. The molecule has 2 saturated heterocycles. The predicted molar refractivity (Wildman–Crippen MR) is 87.8 cm³/mol. The van der Waals surface area contributed by atoms with Crippen LogP contribution in [0.2, 0.25) is 0 Å².